The zero-order valence-electron chi connectivity index (χ0n) is 77.5. The predicted molar refractivity (Wildman–Crippen MR) is 503 cm³/mol. The number of unbranched alkanes of at least 4 members (excludes halogenated alkanes) is 2. The molecule has 17 amide bonds. The number of imidazole rings is 1. The number of hydrogen-bond donors (Lipinski definition) is 20. The number of nitrogens with two attached hydrogens (primary N) is 3. The van der Waals surface area contributed by atoms with Crippen LogP contribution in [0.3, 0.4) is 0 Å². The molecule has 3 saturated heterocycles. The minimum Gasteiger partial charge on any atom is -0.394 e. The third kappa shape index (κ3) is 29.6. The predicted octanol–water partition coefficient (Wildman–Crippen LogP) is -1.98. The number of thioether (sulfide) groups is 1. The van der Waals surface area contributed by atoms with Gasteiger partial charge in [-0.05, 0) is 98.7 Å². The number of benzene rings is 3. The summed E-state index contributed by atoms with van der Waals surface area (Å²) in [5.41, 5.74) is 19.9. The molecule has 3 aromatic heterocycles. The second-order valence-corrected chi connectivity index (χ2v) is 36.4. The number of para-hydroxylation sites is 2. The van der Waals surface area contributed by atoms with Crippen molar-refractivity contribution in [2.24, 2.45) is 23.1 Å². The number of aliphatic hydroxyl groups is 2. The minimum absolute atomic E-state index is 0.00958. The maximum absolute atomic E-state index is 15.8. The Kier molecular flexibility index (Phi) is 39.9. The van der Waals surface area contributed by atoms with Crippen molar-refractivity contribution in [3.05, 3.63) is 125 Å². The molecular weight excluding hydrogens is 1800 g/mol. The number of aromatic nitrogens is 4. The molecule has 43 nitrogen and oxygen atoms in total. The largest absolute Gasteiger partial charge is 0.394 e. The molecule has 0 saturated carbocycles. The number of carbonyl (C=O) groups is 17. The first-order chi connectivity index (χ1) is 64.8. The summed E-state index contributed by atoms with van der Waals surface area (Å²) in [4.78, 5) is 270. The van der Waals surface area contributed by atoms with Gasteiger partial charge in [-0.1, -0.05) is 114 Å². The number of primary amides is 2. The third-order valence-corrected chi connectivity index (χ3v) is 25.6. The number of carbonyl (C=O) groups excluding carboxylic acids is 17. The highest BCUT2D eigenvalue weighted by Gasteiger charge is 2.47. The number of aromatic amines is 3. The van der Waals surface area contributed by atoms with Gasteiger partial charge in [0.05, 0.1) is 37.8 Å². The number of rotatable bonds is 26. The van der Waals surface area contributed by atoms with Crippen LogP contribution in [0.2, 0.25) is 5.02 Å². The summed E-state index contributed by atoms with van der Waals surface area (Å²) >= 11 is 7.04. The van der Waals surface area contributed by atoms with E-state index in [0.717, 1.165) is 36.3 Å². The van der Waals surface area contributed by atoms with Gasteiger partial charge < -0.3 is 125 Å². The number of nitrogens with zero attached hydrogens (tertiary/aromatic N) is 6. The Bertz CT molecular complexity index is 5250. The van der Waals surface area contributed by atoms with Crippen molar-refractivity contribution in [2.45, 2.75) is 234 Å². The van der Waals surface area contributed by atoms with Gasteiger partial charge in [-0.3, -0.25) is 86.9 Å². The van der Waals surface area contributed by atoms with Crippen molar-refractivity contribution in [3.8, 4) is 0 Å². The van der Waals surface area contributed by atoms with E-state index >= 15 is 38.4 Å². The molecule has 0 spiro atoms. The van der Waals surface area contributed by atoms with Crippen molar-refractivity contribution >= 4 is 152 Å². The van der Waals surface area contributed by atoms with E-state index < -0.39 is 241 Å². The quantitative estimate of drug-likeness (QED) is 0.0159. The van der Waals surface area contributed by atoms with Gasteiger partial charge in [0.1, 0.15) is 84.6 Å². The number of guanidine groups is 1. The Hall–Kier alpha value is -13.2. The van der Waals surface area contributed by atoms with E-state index in [9.17, 15) is 53.4 Å². The number of likely N-dealkylation sites (N-methyl/N-ethyl adjacent to an activating group) is 3. The first-order valence-corrected chi connectivity index (χ1v) is 47.1. The molecule has 3 aliphatic heterocycles. The Morgan fingerprint density at radius 3 is 1.69 bits per heavy atom. The maximum Gasteiger partial charge on any atom is 0.246 e. The Labute approximate surface area is 795 Å². The van der Waals surface area contributed by atoms with Crippen LogP contribution in [-0.4, -0.2) is 317 Å². The number of amides is 17. The van der Waals surface area contributed by atoms with Gasteiger partial charge in [0.2, 0.25) is 100 Å². The van der Waals surface area contributed by atoms with E-state index in [1.165, 1.54) is 52.7 Å². The SMILES string of the molecule is CCCC[C@H]1C(=O)N(C)[C@@H](CCCC)C(=O)N[C@@H](CCCNC(=N)N)C(=O)N[C@H](C(=O)NCC(N)=O)CSCC(=O)N[C@@H](Cc2ccc(Cl)cc2)C(=O)N(C)[C@@H](C)C(=O)N[C@@H](CC(N)=O)C(=O)N2CCC[C@H]2C(=O)N[C@@H](Cc2cnc[nH]2)C(=O)N[C@@H](CC(C)C)C(=O)N2C[C@H](O)C[C@H]2C(=O)N[C@@H](Cc2c[nH]c3ccccc23)C(=O)N[C@@H](CO)C(=O)N[C@@H](Cc2c[nH]c3ccccc23)C(=O)N1C. The van der Waals surface area contributed by atoms with Crippen LogP contribution in [0.5, 0.6) is 0 Å². The summed E-state index contributed by atoms with van der Waals surface area (Å²) in [5.74, 6) is -17.7. The molecule has 6 heterocycles. The lowest BCUT2D eigenvalue weighted by Gasteiger charge is -2.36. The van der Waals surface area contributed by atoms with Gasteiger partial charge >= 0.3 is 0 Å². The molecule has 3 fully saturated rings. The molecule has 0 radical (unpaired) electrons. The van der Waals surface area contributed by atoms with Crippen molar-refractivity contribution in [2.75, 3.05) is 65.4 Å². The maximum atomic E-state index is 15.8. The topological polar surface area (TPSA) is 641 Å². The molecule has 45 heteroatoms. The number of aliphatic hydroxyl groups excluding tert-OH is 2. The molecule has 136 heavy (non-hydrogen) atoms. The van der Waals surface area contributed by atoms with E-state index in [1.807, 2.05) is 13.8 Å². The number of hydrogen-bond acceptors (Lipinski definition) is 22. The first kappa shape index (κ1) is 106. The van der Waals surface area contributed by atoms with Gasteiger partial charge in [0.15, 0.2) is 5.96 Å². The van der Waals surface area contributed by atoms with Crippen LogP contribution in [0.25, 0.3) is 21.8 Å². The molecule has 738 valence electrons. The lowest BCUT2D eigenvalue weighted by Crippen LogP contribution is -2.62. The lowest BCUT2D eigenvalue weighted by molar-refractivity contribution is -0.149. The second-order valence-electron chi connectivity index (χ2n) is 34.9. The minimum atomic E-state index is -1.89. The van der Waals surface area contributed by atoms with Crippen molar-refractivity contribution < 1.29 is 91.7 Å². The summed E-state index contributed by atoms with van der Waals surface area (Å²) in [5, 5.41) is 61.3. The zero-order valence-corrected chi connectivity index (χ0v) is 79.1. The summed E-state index contributed by atoms with van der Waals surface area (Å²) in [6, 6.07) is -1.49. The van der Waals surface area contributed by atoms with E-state index in [4.69, 9.17) is 34.2 Å². The van der Waals surface area contributed by atoms with Crippen LogP contribution in [-0.2, 0) is 107 Å². The van der Waals surface area contributed by atoms with Crippen LogP contribution in [0, 0.1) is 11.3 Å². The van der Waals surface area contributed by atoms with Gasteiger partial charge in [-0.25, -0.2) is 4.98 Å². The van der Waals surface area contributed by atoms with Gasteiger partial charge in [0.25, 0.3) is 0 Å². The average molecular weight is 1930 g/mol. The summed E-state index contributed by atoms with van der Waals surface area (Å²) in [7, 11) is 3.93. The van der Waals surface area contributed by atoms with Gasteiger partial charge in [-0.15, -0.1) is 11.8 Å². The molecule has 3 aromatic carbocycles. The molecule has 6 aromatic rings. The van der Waals surface area contributed by atoms with Crippen molar-refractivity contribution in [1.82, 2.24) is 103 Å². The van der Waals surface area contributed by atoms with Gasteiger partial charge in [0, 0.05) is 130 Å². The Morgan fingerprint density at radius 1 is 0.559 bits per heavy atom. The van der Waals surface area contributed by atoms with Crippen LogP contribution >= 0.6 is 23.4 Å². The normalized spacial score (nSPS) is 24.7. The first-order valence-electron chi connectivity index (χ1n) is 45.5. The highest BCUT2D eigenvalue weighted by molar-refractivity contribution is 8.00. The zero-order chi connectivity index (χ0) is 99.3. The summed E-state index contributed by atoms with van der Waals surface area (Å²) in [6.45, 7) is 6.05. The number of H-pyrrole nitrogens is 3. The fourth-order valence-corrected chi connectivity index (χ4v) is 17.8. The molecule has 0 bridgehead atoms. The van der Waals surface area contributed by atoms with Gasteiger partial charge in [-0.2, -0.15) is 0 Å². The molecule has 0 unspecified atom stereocenters. The Morgan fingerprint density at radius 2 is 1.10 bits per heavy atom. The van der Waals surface area contributed by atoms with E-state index in [2.05, 4.69) is 78.4 Å². The monoisotopic (exact) mass is 1930 g/mol. The molecule has 23 N–H and O–H groups in total. The van der Waals surface area contributed by atoms with Crippen LogP contribution in [0.1, 0.15) is 140 Å². The lowest BCUT2D eigenvalue weighted by atomic mass is 10.00. The van der Waals surface area contributed by atoms with Crippen LogP contribution < -0.4 is 75.7 Å². The molecule has 9 rings (SSSR count). The fraction of sp³-hybridized carbons (Fsp3) is 0.527. The van der Waals surface area contributed by atoms with Crippen molar-refractivity contribution in [1.29, 1.82) is 5.41 Å². The third-order valence-electron chi connectivity index (χ3n) is 24.3. The highest BCUT2D eigenvalue weighted by atomic mass is 35.5. The second kappa shape index (κ2) is 50.9. The standard InChI is InChI=1S/C91H127ClN24O19S/c1-9-11-24-70-83(128)104-61(23-17-31-98-91(95)96)79(124)111-69(78(123)101-43-75(94)120)46-136-47-76(121)103-65(34-51-27-29-54(92)30-28-51)86(131)112(6)50(5)77(122)107-67(39-74(93)119)88(133)115-32-18-26-71(115)84(129)106-63(37-55-42-97-48-102-55)81(126)108-64(33-49(3)4)89(134)116-44-56(118)38-73(116)85(130)105-62(35-52-40-99-59-21-15-13-19-57(52)59)80(125)110-68(45-117)82(127)109-66(36-53-41-100-60-22-16-14-20-58(53)60)87(132)114(8)72(25-12-10-2)90(135)113(70)7/h13-16,19-22,27-30,40-42,48-50,56,61-73,99-100,117-118H,9-12,17-18,23-26,31-39,43-47H2,1-8H3,(H2,93,119)(H2,94,120)(H,97,102)(H,101,123)(H,103,121)(H,104,128)(H,105,130)(H,106,129)(H,107,122)(H,108,126)(H,109,127)(H,110,125)(H,111,124)(H4,95,96,98)/t50-,56+,61-,62-,63-,64-,65-,66-,67-,68-,69-,70-,71-,72-,73-/m0/s1. The average Bonchev–Trinajstić information content (AvgIpc) is 1.53. The van der Waals surface area contributed by atoms with Crippen LogP contribution in [0.15, 0.2) is 97.7 Å². The number of fused-ring (bicyclic) bond motifs is 4. The smallest absolute Gasteiger partial charge is 0.246 e. The molecule has 0 aliphatic carbocycles. The van der Waals surface area contributed by atoms with E-state index in [1.54, 1.807) is 86.9 Å². The van der Waals surface area contributed by atoms with E-state index in [-0.39, 0.29) is 89.6 Å². The van der Waals surface area contributed by atoms with E-state index in [0.29, 0.717) is 74.9 Å². The number of halogens is 1. The fourth-order valence-electron chi connectivity index (χ4n) is 16.8. The van der Waals surface area contributed by atoms with Crippen molar-refractivity contribution in [3.63, 3.8) is 0 Å². The molecular formula is C91H127ClN24O19S. The summed E-state index contributed by atoms with van der Waals surface area (Å²) in [6.07, 6.45) is 3.77. The summed E-state index contributed by atoms with van der Waals surface area (Å²) < 4.78 is 0. The number of nitrogens with one attached hydrogen (secondary N) is 15. The highest BCUT2D eigenvalue weighted by Crippen LogP contribution is 2.28. The van der Waals surface area contributed by atoms with Crippen LogP contribution in [0.4, 0.5) is 0 Å². The Balaban J connectivity index is 1.10. The molecule has 3 aliphatic rings. The molecule has 15 atom stereocenters.